The average molecular weight is 194 g/mol. The Balaban J connectivity index is 2.71. The zero-order chi connectivity index (χ0) is 9.42. The smallest absolute Gasteiger partial charge is 0.0457 e. The van der Waals surface area contributed by atoms with Crippen molar-refractivity contribution in [2.24, 2.45) is 0 Å². The lowest BCUT2D eigenvalue weighted by atomic mass is 10.0. The molecule has 2 heteroatoms. The van der Waals surface area contributed by atoms with Crippen LogP contribution in [-0.2, 0) is 0 Å². The molecule has 1 nitrogen and oxygen atoms in total. The Hall–Kier alpha value is -0.950. The molecule has 0 saturated heterocycles. The Morgan fingerprint density at radius 1 is 1.31 bits per heavy atom. The second-order valence-electron chi connectivity index (χ2n) is 3.59. The lowest BCUT2D eigenvalue weighted by molar-refractivity contribution is 0.875. The number of H-pyrrole nitrogens is 1. The monoisotopic (exact) mass is 193 g/mol. The summed E-state index contributed by atoms with van der Waals surface area (Å²) in [6.07, 6.45) is 2.06. The number of benzene rings is 1. The predicted octanol–water partition coefficient (Wildman–Crippen LogP) is 3.94. The maximum absolute atomic E-state index is 5.94. The normalized spacial score (nSPS) is 11.4. The quantitative estimate of drug-likeness (QED) is 0.706. The maximum atomic E-state index is 5.94. The molecule has 0 aliphatic heterocycles. The highest BCUT2D eigenvalue weighted by atomic mass is 35.5. The van der Waals surface area contributed by atoms with E-state index in [0.29, 0.717) is 5.92 Å². The van der Waals surface area contributed by atoms with E-state index in [2.05, 4.69) is 25.0 Å². The van der Waals surface area contributed by atoms with Gasteiger partial charge in [-0.05, 0) is 29.7 Å². The van der Waals surface area contributed by atoms with Crippen molar-refractivity contribution < 1.29 is 0 Å². The van der Waals surface area contributed by atoms with E-state index in [-0.39, 0.29) is 0 Å². The van der Waals surface area contributed by atoms with Crippen molar-refractivity contribution in [2.75, 3.05) is 0 Å². The Morgan fingerprint density at radius 3 is 2.77 bits per heavy atom. The zero-order valence-corrected chi connectivity index (χ0v) is 8.52. The summed E-state index contributed by atoms with van der Waals surface area (Å²) in [4.78, 5) is 3.24. The van der Waals surface area contributed by atoms with Gasteiger partial charge in [-0.3, -0.25) is 0 Å². The van der Waals surface area contributed by atoms with E-state index in [4.69, 9.17) is 11.6 Å². The molecule has 0 radical (unpaired) electrons. The van der Waals surface area contributed by atoms with E-state index >= 15 is 0 Å². The van der Waals surface area contributed by atoms with Crippen LogP contribution in [0.5, 0.6) is 0 Å². The third-order valence-electron chi connectivity index (χ3n) is 2.30. The van der Waals surface area contributed by atoms with Crippen molar-refractivity contribution in [2.45, 2.75) is 19.8 Å². The molecule has 0 atom stereocenters. The summed E-state index contributed by atoms with van der Waals surface area (Å²) in [6, 6.07) is 5.94. The van der Waals surface area contributed by atoms with Crippen molar-refractivity contribution >= 4 is 22.5 Å². The van der Waals surface area contributed by atoms with Gasteiger partial charge in [-0.1, -0.05) is 25.4 Å². The van der Waals surface area contributed by atoms with Crippen molar-refractivity contribution in [3.63, 3.8) is 0 Å². The predicted molar refractivity (Wildman–Crippen MR) is 57.4 cm³/mol. The standard InChI is InChI=1S/C11H12ClN/c1-7(2)10-6-13-11-4-3-8(12)5-9(10)11/h3-7,13H,1-2H3. The number of rotatable bonds is 1. The lowest BCUT2D eigenvalue weighted by Gasteiger charge is -2.01. The van der Waals surface area contributed by atoms with E-state index < -0.39 is 0 Å². The molecular weight excluding hydrogens is 182 g/mol. The molecular formula is C11H12ClN. The van der Waals surface area contributed by atoms with Crippen LogP contribution in [0.2, 0.25) is 5.02 Å². The fourth-order valence-corrected chi connectivity index (χ4v) is 1.76. The molecule has 0 bridgehead atoms. The molecule has 0 spiro atoms. The number of halogens is 1. The third-order valence-corrected chi connectivity index (χ3v) is 2.53. The number of hydrogen-bond acceptors (Lipinski definition) is 0. The van der Waals surface area contributed by atoms with Gasteiger partial charge in [-0.15, -0.1) is 0 Å². The molecule has 13 heavy (non-hydrogen) atoms. The first kappa shape index (κ1) is 8.64. The van der Waals surface area contributed by atoms with Gasteiger partial charge >= 0.3 is 0 Å². The maximum Gasteiger partial charge on any atom is 0.0457 e. The van der Waals surface area contributed by atoms with Crippen LogP contribution in [0.3, 0.4) is 0 Å². The van der Waals surface area contributed by atoms with Crippen LogP contribution in [0.4, 0.5) is 0 Å². The van der Waals surface area contributed by atoms with Crippen LogP contribution in [0.1, 0.15) is 25.3 Å². The highest BCUT2D eigenvalue weighted by Crippen LogP contribution is 2.27. The van der Waals surface area contributed by atoms with Gasteiger partial charge in [0.1, 0.15) is 0 Å². The molecule has 68 valence electrons. The van der Waals surface area contributed by atoms with E-state index in [9.17, 15) is 0 Å². The third kappa shape index (κ3) is 1.44. The first-order valence-corrected chi connectivity index (χ1v) is 4.83. The van der Waals surface area contributed by atoms with Gasteiger partial charge in [0.05, 0.1) is 0 Å². The number of nitrogens with one attached hydrogen (secondary N) is 1. The number of aromatic amines is 1. The molecule has 0 fully saturated rings. The minimum absolute atomic E-state index is 0.534. The van der Waals surface area contributed by atoms with Crippen molar-refractivity contribution in [1.29, 1.82) is 0 Å². The van der Waals surface area contributed by atoms with Gasteiger partial charge in [-0.2, -0.15) is 0 Å². The van der Waals surface area contributed by atoms with Crippen LogP contribution >= 0.6 is 11.6 Å². The fraction of sp³-hybridized carbons (Fsp3) is 0.273. The highest BCUT2D eigenvalue weighted by molar-refractivity contribution is 6.31. The molecule has 1 aromatic heterocycles. The topological polar surface area (TPSA) is 15.8 Å². The molecule has 1 N–H and O–H groups in total. The Bertz CT molecular complexity index is 429. The highest BCUT2D eigenvalue weighted by Gasteiger charge is 2.06. The largest absolute Gasteiger partial charge is 0.361 e. The summed E-state index contributed by atoms with van der Waals surface area (Å²) in [7, 11) is 0. The molecule has 0 aliphatic carbocycles. The Labute approximate surface area is 82.7 Å². The lowest BCUT2D eigenvalue weighted by Crippen LogP contribution is -1.83. The van der Waals surface area contributed by atoms with Gasteiger partial charge in [0.25, 0.3) is 0 Å². The fourth-order valence-electron chi connectivity index (χ4n) is 1.59. The molecule has 0 aliphatic rings. The van der Waals surface area contributed by atoms with Crippen molar-refractivity contribution in [1.82, 2.24) is 4.98 Å². The first-order valence-electron chi connectivity index (χ1n) is 4.45. The molecule has 0 saturated carbocycles. The molecule has 0 unspecified atom stereocenters. The summed E-state index contributed by atoms with van der Waals surface area (Å²) in [6.45, 7) is 4.37. The second kappa shape index (κ2) is 3.08. The summed E-state index contributed by atoms with van der Waals surface area (Å²) in [5.74, 6) is 0.534. The molecule has 1 heterocycles. The summed E-state index contributed by atoms with van der Waals surface area (Å²) >= 11 is 5.94. The first-order chi connectivity index (χ1) is 6.18. The Morgan fingerprint density at radius 2 is 2.08 bits per heavy atom. The van der Waals surface area contributed by atoms with Crippen molar-refractivity contribution in [3.8, 4) is 0 Å². The van der Waals surface area contributed by atoms with Crippen LogP contribution < -0.4 is 0 Å². The molecule has 0 amide bonds. The van der Waals surface area contributed by atoms with E-state index in [1.807, 2.05) is 18.2 Å². The minimum atomic E-state index is 0.534. The summed E-state index contributed by atoms with van der Waals surface area (Å²) in [5, 5.41) is 2.04. The Kier molecular flexibility index (Phi) is 2.04. The van der Waals surface area contributed by atoms with Gasteiger partial charge in [0, 0.05) is 22.1 Å². The molecule has 1 aromatic carbocycles. The van der Waals surface area contributed by atoms with Crippen LogP contribution in [-0.4, -0.2) is 4.98 Å². The zero-order valence-electron chi connectivity index (χ0n) is 7.76. The van der Waals surface area contributed by atoms with Crippen LogP contribution in [0.25, 0.3) is 10.9 Å². The second-order valence-corrected chi connectivity index (χ2v) is 4.03. The van der Waals surface area contributed by atoms with Gasteiger partial charge < -0.3 is 4.98 Å². The van der Waals surface area contributed by atoms with E-state index in [1.165, 1.54) is 10.9 Å². The van der Waals surface area contributed by atoms with Gasteiger partial charge in [0.15, 0.2) is 0 Å². The van der Waals surface area contributed by atoms with Crippen molar-refractivity contribution in [3.05, 3.63) is 35.0 Å². The van der Waals surface area contributed by atoms with E-state index in [0.717, 1.165) is 10.5 Å². The summed E-state index contributed by atoms with van der Waals surface area (Å²) < 4.78 is 0. The van der Waals surface area contributed by atoms with Gasteiger partial charge in [0.2, 0.25) is 0 Å². The number of hydrogen-bond donors (Lipinski definition) is 1. The number of aromatic nitrogens is 1. The number of fused-ring (bicyclic) bond motifs is 1. The molecule has 2 aromatic rings. The SMILES string of the molecule is CC(C)c1c[nH]c2ccc(Cl)cc12. The summed E-state index contributed by atoms with van der Waals surface area (Å²) in [5.41, 5.74) is 2.49. The van der Waals surface area contributed by atoms with Crippen LogP contribution in [0, 0.1) is 0 Å². The van der Waals surface area contributed by atoms with E-state index in [1.54, 1.807) is 0 Å². The minimum Gasteiger partial charge on any atom is -0.361 e. The average Bonchev–Trinajstić information content (AvgIpc) is 2.46. The molecule has 2 rings (SSSR count). The van der Waals surface area contributed by atoms with Gasteiger partial charge in [-0.25, -0.2) is 0 Å². The van der Waals surface area contributed by atoms with Crippen LogP contribution in [0.15, 0.2) is 24.4 Å².